The molecule has 0 aliphatic heterocycles. The summed E-state index contributed by atoms with van der Waals surface area (Å²) in [5, 5.41) is 6.27. The molecule has 0 atom stereocenters. The fourth-order valence-corrected chi connectivity index (χ4v) is 2.88. The second-order valence-corrected chi connectivity index (χ2v) is 7.59. The maximum Gasteiger partial charge on any atom is 0.270 e. The van der Waals surface area contributed by atoms with Crippen molar-refractivity contribution in [1.29, 1.82) is 0 Å². The summed E-state index contributed by atoms with van der Waals surface area (Å²) in [4.78, 5) is 21.3. The van der Waals surface area contributed by atoms with Gasteiger partial charge in [0.15, 0.2) is 0 Å². The molecule has 0 unspecified atom stereocenters. The van der Waals surface area contributed by atoms with E-state index in [0.29, 0.717) is 23.5 Å². The van der Waals surface area contributed by atoms with Gasteiger partial charge in [-0.2, -0.15) is 0 Å². The number of rotatable bonds is 6. The molecule has 1 aromatic heterocycles. The van der Waals surface area contributed by atoms with E-state index in [2.05, 4.69) is 66.5 Å². The minimum absolute atomic E-state index is 0.0587. The number of amides is 1. The molecule has 0 radical (unpaired) electrons. The van der Waals surface area contributed by atoms with Crippen LogP contribution in [0.5, 0.6) is 0 Å². The summed E-state index contributed by atoms with van der Waals surface area (Å²) in [7, 11) is 0. The smallest absolute Gasteiger partial charge is 0.270 e. The molecule has 5 heteroatoms. The van der Waals surface area contributed by atoms with Gasteiger partial charge in [-0.1, -0.05) is 45.9 Å². The van der Waals surface area contributed by atoms with Crippen molar-refractivity contribution < 1.29 is 4.79 Å². The monoisotopic (exact) mass is 354 g/mol. The molecule has 0 saturated heterocycles. The van der Waals surface area contributed by atoms with Crippen molar-refractivity contribution in [2.45, 2.75) is 66.3 Å². The van der Waals surface area contributed by atoms with Gasteiger partial charge in [-0.25, -0.2) is 9.97 Å². The molecule has 0 bridgehead atoms. The third-order valence-electron chi connectivity index (χ3n) is 4.12. The molecule has 0 aliphatic rings. The molecular weight excluding hydrogens is 324 g/mol. The maximum atomic E-state index is 12.3. The van der Waals surface area contributed by atoms with Gasteiger partial charge in [0.2, 0.25) is 5.95 Å². The van der Waals surface area contributed by atoms with Gasteiger partial charge in [0, 0.05) is 17.4 Å². The number of benzene rings is 1. The fraction of sp³-hybridized carbons (Fsp3) is 0.476. The Bertz CT molecular complexity index is 755. The Morgan fingerprint density at radius 2 is 1.54 bits per heavy atom. The third kappa shape index (κ3) is 4.81. The van der Waals surface area contributed by atoms with Gasteiger partial charge in [0.1, 0.15) is 5.69 Å². The third-order valence-corrected chi connectivity index (χ3v) is 4.12. The van der Waals surface area contributed by atoms with Crippen LogP contribution < -0.4 is 10.6 Å². The predicted octanol–water partition coefficient (Wildman–Crippen LogP) is 4.91. The van der Waals surface area contributed by atoms with E-state index in [1.54, 1.807) is 6.07 Å². The highest BCUT2D eigenvalue weighted by Crippen LogP contribution is 2.33. The first kappa shape index (κ1) is 19.9. The fourth-order valence-electron chi connectivity index (χ4n) is 2.88. The standard InChI is InChI=1S/C21H30N4O/c1-12(2)16-9-8-10-17(13(3)4)19(16)25-21-23-15(7)11-18(24-21)20(26)22-14(5)6/h8-14H,1-7H3,(H,22,26)(H,23,24,25). The van der Waals surface area contributed by atoms with E-state index in [9.17, 15) is 4.79 Å². The number of carbonyl (C=O) groups excluding carboxylic acids is 1. The van der Waals surface area contributed by atoms with Crippen LogP contribution in [0.1, 0.15) is 80.7 Å². The number of anilines is 2. The van der Waals surface area contributed by atoms with Crippen LogP contribution in [0.2, 0.25) is 0 Å². The molecule has 0 aliphatic carbocycles. The summed E-state index contributed by atoms with van der Waals surface area (Å²) in [6.45, 7) is 14.4. The van der Waals surface area contributed by atoms with Crippen LogP contribution in [0.3, 0.4) is 0 Å². The summed E-state index contributed by atoms with van der Waals surface area (Å²) in [5.74, 6) is 0.998. The number of nitrogens with one attached hydrogen (secondary N) is 2. The Morgan fingerprint density at radius 3 is 2.04 bits per heavy atom. The minimum Gasteiger partial charge on any atom is -0.349 e. The second-order valence-electron chi connectivity index (χ2n) is 7.59. The lowest BCUT2D eigenvalue weighted by Crippen LogP contribution is -2.31. The number of hydrogen-bond donors (Lipinski definition) is 2. The summed E-state index contributed by atoms with van der Waals surface area (Å²) in [6, 6.07) is 8.11. The van der Waals surface area contributed by atoms with E-state index in [0.717, 1.165) is 11.4 Å². The lowest BCUT2D eigenvalue weighted by atomic mass is 9.93. The van der Waals surface area contributed by atoms with Gasteiger partial charge in [-0.15, -0.1) is 0 Å². The van der Waals surface area contributed by atoms with Crippen LogP contribution in [0.15, 0.2) is 24.3 Å². The molecular formula is C21H30N4O. The van der Waals surface area contributed by atoms with Crippen LogP contribution in [-0.4, -0.2) is 21.9 Å². The summed E-state index contributed by atoms with van der Waals surface area (Å²) < 4.78 is 0. The molecule has 0 saturated carbocycles. The molecule has 5 nitrogen and oxygen atoms in total. The molecule has 1 aromatic carbocycles. The van der Waals surface area contributed by atoms with Crippen molar-refractivity contribution in [3.8, 4) is 0 Å². The highest BCUT2D eigenvalue weighted by atomic mass is 16.1. The lowest BCUT2D eigenvalue weighted by molar-refractivity contribution is 0.0938. The van der Waals surface area contributed by atoms with Crippen molar-refractivity contribution in [3.05, 3.63) is 46.8 Å². The van der Waals surface area contributed by atoms with E-state index < -0.39 is 0 Å². The molecule has 2 aromatic rings. The van der Waals surface area contributed by atoms with Gasteiger partial charge < -0.3 is 10.6 Å². The van der Waals surface area contributed by atoms with E-state index in [1.807, 2.05) is 20.8 Å². The Morgan fingerprint density at radius 1 is 0.962 bits per heavy atom. The topological polar surface area (TPSA) is 66.9 Å². The highest BCUT2D eigenvalue weighted by Gasteiger charge is 2.17. The first-order chi connectivity index (χ1) is 12.2. The van der Waals surface area contributed by atoms with Gasteiger partial charge in [-0.05, 0) is 49.8 Å². The molecule has 0 spiro atoms. The number of nitrogens with zero attached hydrogens (tertiary/aromatic N) is 2. The zero-order valence-electron chi connectivity index (χ0n) is 16.8. The van der Waals surface area contributed by atoms with Crippen LogP contribution in [-0.2, 0) is 0 Å². The number of carbonyl (C=O) groups is 1. The van der Waals surface area contributed by atoms with Crippen molar-refractivity contribution in [2.24, 2.45) is 0 Å². The molecule has 0 fully saturated rings. The maximum absolute atomic E-state index is 12.3. The second kappa shape index (κ2) is 8.30. The Balaban J connectivity index is 2.46. The molecule has 140 valence electrons. The van der Waals surface area contributed by atoms with Gasteiger partial charge in [0.05, 0.1) is 0 Å². The van der Waals surface area contributed by atoms with Crippen molar-refractivity contribution >= 4 is 17.5 Å². The number of hydrogen-bond acceptors (Lipinski definition) is 4. The van der Waals surface area contributed by atoms with E-state index in [1.165, 1.54) is 11.1 Å². The van der Waals surface area contributed by atoms with E-state index in [4.69, 9.17) is 0 Å². The lowest BCUT2D eigenvalue weighted by Gasteiger charge is -2.20. The van der Waals surface area contributed by atoms with Gasteiger partial charge in [-0.3, -0.25) is 4.79 Å². The normalized spacial score (nSPS) is 11.3. The average molecular weight is 354 g/mol. The van der Waals surface area contributed by atoms with Crippen molar-refractivity contribution in [3.63, 3.8) is 0 Å². The van der Waals surface area contributed by atoms with Crippen LogP contribution >= 0.6 is 0 Å². The highest BCUT2D eigenvalue weighted by molar-refractivity contribution is 5.92. The minimum atomic E-state index is -0.185. The summed E-state index contributed by atoms with van der Waals surface area (Å²) in [6.07, 6.45) is 0. The zero-order valence-corrected chi connectivity index (χ0v) is 16.8. The van der Waals surface area contributed by atoms with Gasteiger partial charge in [0.25, 0.3) is 5.91 Å². The zero-order chi connectivity index (χ0) is 19.4. The Labute approximate surface area is 156 Å². The Kier molecular flexibility index (Phi) is 6.35. The summed E-state index contributed by atoms with van der Waals surface area (Å²) >= 11 is 0. The average Bonchev–Trinajstić information content (AvgIpc) is 2.53. The number of aryl methyl sites for hydroxylation is 1. The Hall–Kier alpha value is -2.43. The van der Waals surface area contributed by atoms with Crippen LogP contribution in [0, 0.1) is 6.92 Å². The molecule has 2 N–H and O–H groups in total. The van der Waals surface area contributed by atoms with Crippen LogP contribution in [0.4, 0.5) is 11.6 Å². The first-order valence-corrected chi connectivity index (χ1v) is 9.25. The first-order valence-electron chi connectivity index (χ1n) is 9.25. The molecule has 1 amide bonds. The van der Waals surface area contributed by atoms with Crippen molar-refractivity contribution in [1.82, 2.24) is 15.3 Å². The predicted molar refractivity (Wildman–Crippen MR) is 107 cm³/mol. The number of para-hydroxylation sites is 1. The van der Waals surface area contributed by atoms with Crippen molar-refractivity contribution in [2.75, 3.05) is 5.32 Å². The molecule has 2 rings (SSSR count). The quantitative estimate of drug-likeness (QED) is 0.773. The SMILES string of the molecule is Cc1cc(C(=O)NC(C)C)nc(Nc2c(C(C)C)cccc2C(C)C)n1. The molecule has 26 heavy (non-hydrogen) atoms. The molecule has 1 heterocycles. The summed E-state index contributed by atoms with van der Waals surface area (Å²) in [5.41, 5.74) is 4.61. The van der Waals surface area contributed by atoms with Gasteiger partial charge >= 0.3 is 0 Å². The number of aromatic nitrogens is 2. The van der Waals surface area contributed by atoms with E-state index >= 15 is 0 Å². The van der Waals surface area contributed by atoms with Crippen LogP contribution in [0.25, 0.3) is 0 Å². The van der Waals surface area contributed by atoms with E-state index in [-0.39, 0.29) is 11.9 Å². The largest absolute Gasteiger partial charge is 0.349 e.